The maximum absolute atomic E-state index is 12.7. The fourth-order valence-electron chi connectivity index (χ4n) is 4.88. The van der Waals surface area contributed by atoms with Crippen LogP contribution in [0.15, 0.2) is 48.9 Å². The smallest absolute Gasteiger partial charge is 0.253 e. The third kappa shape index (κ3) is 4.64. The molecule has 36 heavy (non-hydrogen) atoms. The number of aromatic nitrogens is 4. The fourth-order valence-corrected chi connectivity index (χ4v) is 4.88. The van der Waals surface area contributed by atoms with Crippen LogP contribution in [0.3, 0.4) is 0 Å². The number of hydrogen-bond donors (Lipinski definition) is 2. The molecule has 2 fully saturated rings. The van der Waals surface area contributed by atoms with Crippen LogP contribution >= 0.6 is 0 Å². The second-order valence-corrected chi connectivity index (χ2v) is 9.46. The van der Waals surface area contributed by atoms with Gasteiger partial charge in [-0.25, -0.2) is 9.97 Å². The van der Waals surface area contributed by atoms with E-state index in [1.54, 1.807) is 40.2 Å². The van der Waals surface area contributed by atoms with E-state index < -0.39 is 5.54 Å². The summed E-state index contributed by atoms with van der Waals surface area (Å²) in [5, 5.41) is 35.8. The van der Waals surface area contributed by atoms with Crippen LogP contribution in [0.25, 0.3) is 11.3 Å². The van der Waals surface area contributed by atoms with Gasteiger partial charge in [-0.05, 0) is 56.0 Å². The van der Waals surface area contributed by atoms with Crippen molar-refractivity contribution in [1.82, 2.24) is 24.6 Å². The Morgan fingerprint density at radius 1 is 1.17 bits per heavy atom. The van der Waals surface area contributed by atoms with Crippen molar-refractivity contribution in [2.75, 3.05) is 18.4 Å². The Hall–Kier alpha value is -4.28. The minimum atomic E-state index is -0.436. The van der Waals surface area contributed by atoms with E-state index in [1.165, 1.54) is 0 Å². The van der Waals surface area contributed by atoms with Crippen molar-refractivity contribution in [3.8, 4) is 23.4 Å². The second-order valence-electron chi connectivity index (χ2n) is 9.46. The minimum absolute atomic E-state index is 0.0366. The lowest BCUT2D eigenvalue weighted by Crippen LogP contribution is -2.46. The van der Waals surface area contributed by atoms with Crippen molar-refractivity contribution >= 4 is 17.5 Å². The standard InChI is InChI=1S/C26H26N8O2/c27-9-8-26(13-18(14-26)15-28)34-17-20(16-30-34)23-5-10-29-25(32-23)31-21-3-1-19(2-4-21)24(36)33-11-6-22(35)7-12-33/h1-5,10,16-18,22,35H,6-8,11-14H2,(H,29,31,32). The molecule has 10 nitrogen and oxygen atoms in total. The normalized spacial score (nSPS) is 21.8. The third-order valence-corrected chi connectivity index (χ3v) is 7.00. The van der Waals surface area contributed by atoms with Gasteiger partial charge in [0.25, 0.3) is 5.91 Å². The molecule has 2 aromatic heterocycles. The largest absolute Gasteiger partial charge is 0.393 e. The van der Waals surface area contributed by atoms with Crippen LogP contribution < -0.4 is 5.32 Å². The first-order valence-electron chi connectivity index (χ1n) is 12.0. The Labute approximate surface area is 208 Å². The molecule has 1 amide bonds. The van der Waals surface area contributed by atoms with Crippen LogP contribution in [0.2, 0.25) is 0 Å². The number of hydrogen-bond acceptors (Lipinski definition) is 8. The summed E-state index contributed by atoms with van der Waals surface area (Å²) in [5.41, 5.74) is 2.39. The fraction of sp³-hybridized carbons (Fsp3) is 0.385. The number of aliphatic hydroxyl groups is 1. The number of nitriles is 2. The molecule has 5 rings (SSSR count). The number of likely N-dealkylation sites (tertiary alicyclic amines) is 1. The molecule has 0 unspecified atom stereocenters. The summed E-state index contributed by atoms with van der Waals surface area (Å²) >= 11 is 0. The summed E-state index contributed by atoms with van der Waals surface area (Å²) in [6.45, 7) is 1.13. The molecule has 3 aromatic rings. The van der Waals surface area contributed by atoms with Crippen LogP contribution in [0.1, 0.15) is 42.5 Å². The van der Waals surface area contributed by atoms with Gasteiger partial charge in [-0.3, -0.25) is 9.48 Å². The van der Waals surface area contributed by atoms with Gasteiger partial charge in [-0.15, -0.1) is 0 Å². The van der Waals surface area contributed by atoms with Gasteiger partial charge in [0.2, 0.25) is 5.95 Å². The predicted molar refractivity (Wildman–Crippen MR) is 131 cm³/mol. The number of nitrogens with zero attached hydrogens (tertiary/aromatic N) is 7. The van der Waals surface area contributed by atoms with Gasteiger partial charge in [0.15, 0.2) is 0 Å². The zero-order valence-corrected chi connectivity index (χ0v) is 19.7. The first kappa shape index (κ1) is 23.5. The Morgan fingerprint density at radius 2 is 1.92 bits per heavy atom. The first-order valence-corrected chi connectivity index (χ1v) is 12.0. The van der Waals surface area contributed by atoms with E-state index in [2.05, 4.69) is 32.5 Å². The number of piperidine rings is 1. The molecule has 1 aromatic carbocycles. The third-order valence-electron chi connectivity index (χ3n) is 7.00. The van der Waals surface area contributed by atoms with Crippen molar-refractivity contribution < 1.29 is 9.90 Å². The lowest BCUT2D eigenvalue weighted by Gasteiger charge is -2.43. The SMILES string of the molecule is N#CCC1(n2cc(-c3ccnc(Nc4ccc(C(=O)N5CCC(O)CC5)cc4)n3)cn2)CC(C#N)C1. The minimum Gasteiger partial charge on any atom is -0.393 e. The molecule has 1 aliphatic heterocycles. The number of rotatable bonds is 6. The van der Waals surface area contributed by atoms with Crippen molar-refractivity contribution in [3.05, 3.63) is 54.5 Å². The number of benzene rings is 1. The number of anilines is 2. The molecule has 182 valence electrons. The van der Waals surface area contributed by atoms with E-state index in [9.17, 15) is 15.2 Å². The first-order chi connectivity index (χ1) is 17.5. The summed E-state index contributed by atoms with van der Waals surface area (Å²) in [6.07, 6.45) is 7.68. The van der Waals surface area contributed by atoms with E-state index in [4.69, 9.17) is 5.26 Å². The molecule has 0 atom stereocenters. The highest BCUT2D eigenvalue weighted by molar-refractivity contribution is 5.94. The average molecular weight is 483 g/mol. The summed E-state index contributed by atoms with van der Waals surface area (Å²) in [7, 11) is 0. The summed E-state index contributed by atoms with van der Waals surface area (Å²) < 4.78 is 1.80. The monoisotopic (exact) mass is 482 g/mol. The number of carbonyl (C=O) groups is 1. The molecular weight excluding hydrogens is 456 g/mol. The van der Waals surface area contributed by atoms with E-state index in [-0.39, 0.29) is 17.9 Å². The molecule has 10 heteroatoms. The van der Waals surface area contributed by atoms with Gasteiger partial charge >= 0.3 is 0 Å². The second kappa shape index (κ2) is 9.76. The Kier molecular flexibility index (Phi) is 6.36. The van der Waals surface area contributed by atoms with Crippen molar-refractivity contribution in [2.24, 2.45) is 5.92 Å². The Morgan fingerprint density at radius 3 is 2.61 bits per heavy atom. The van der Waals surface area contributed by atoms with E-state index >= 15 is 0 Å². The number of amides is 1. The predicted octanol–water partition coefficient (Wildman–Crippen LogP) is 3.22. The topological polar surface area (TPSA) is 144 Å². The maximum atomic E-state index is 12.7. The molecule has 3 heterocycles. The highest BCUT2D eigenvalue weighted by Gasteiger charge is 2.46. The Balaban J connectivity index is 1.27. The molecular formula is C26H26N8O2. The summed E-state index contributed by atoms with van der Waals surface area (Å²) in [4.78, 5) is 23.4. The number of aliphatic hydroxyl groups excluding tert-OH is 1. The van der Waals surface area contributed by atoms with Gasteiger partial charge in [-0.2, -0.15) is 15.6 Å². The number of nitrogens with one attached hydrogen (secondary N) is 1. The molecule has 1 aliphatic carbocycles. The van der Waals surface area contributed by atoms with E-state index in [0.29, 0.717) is 62.4 Å². The van der Waals surface area contributed by atoms with Gasteiger partial charge in [0.05, 0.1) is 48.0 Å². The van der Waals surface area contributed by atoms with Gasteiger partial charge in [0, 0.05) is 42.3 Å². The maximum Gasteiger partial charge on any atom is 0.253 e. The summed E-state index contributed by atoms with van der Waals surface area (Å²) in [5.74, 6) is 0.324. The lowest BCUT2D eigenvalue weighted by atomic mass is 9.67. The molecule has 2 N–H and O–H groups in total. The molecule has 2 aliphatic rings. The van der Waals surface area contributed by atoms with E-state index in [1.807, 2.05) is 18.3 Å². The molecule has 1 saturated carbocycles. The lowest BCUT2D eigenvalue weighted by molar-refractivity contribution is 0.0546. The van der Waals surface area contributed by atoms with Crippen LogP contribution in [0, 0.1) is 28.6 Å². The average Bonchev–Trinajstić information content (AvgIpc) is 3.37. The van der Waals surface area contributed by atoms with Crippen LogP contribution in [0.4, 0.5) is 11.6 Å². The van der Waals surface area contributed by atoms with Crippen molar-refractivity contribution in [2.45, 2.75) is 43.7 Å². The van der Waals surface area contributed by atoms with Crippen LogP contribution in [0.5, 0.6) is 0 Å². The number of carbonyl (C=O) groups excluding carboxylic acids is 1. The van der Waals surface area contributed by atoms with Crippen molar-refractivity contribution in [3.63, 3.8) is 0 Å². The quantitative estimate of drug-likeness (QED) is 0.545. The zero-order chi connectivity index (χ0) is 25.1. The van der Waals surface area contributed by atoms with Crippen molar-refractivity contribution in [1.29, 1.82) is 10.5 Å². The summed E-state index contributed by atoms with van der Waals surface area (Å²) in [6, 6.07) is 13.5. The van der Waals surface area contributed by atoms with Gasteiger partial charge in [-0.1, -0.05) is 0 Å². The van der Waals surface area contributed by atoms with Gasteiger partial charge in [0.1, 0.15) is 0 Å². The highest BCUT2D eigenvalue weighted by Crippen LogP contribution is 2.46. The Bertz CT molecular complexity index is 1320. The molecule has 0 bridgehead atoms. The zero-order valence-electron chi connectivity index (χ0n) is 19.7. The van der Waals surface area contributed by atoms with Gasteiger partial charge < -0.3 is 15.3 Å². The van der Waals surface area contributed by atoms with Crippen LogP contribution in [-0.4, -0.2) is 54.9 Å². The molecule has 1 saturated heterocycles. The molecule has 0 spiro atoms. The van der Waals surface area contributed by atoms with E-state index in [0.717, 1.165) is 11.3 Å². The highest BCUT2D eigenvalue weighted by atomic mass is 16.3. The molecule has 0 radical (unpaired) electrons. The van der Waals surface area contributed by atoms with Crippen LogP contribution in [-0.2, 0) is 5.54 Å².